The molecule has 0 saturated carbocycles. The Bertz CT molecular complexity index is 491. The van der Waals surface area contributed by atoms with Gasteiger partial charge in [0.05, 0.1) is 14.1 Å². The predicted octanol–water partition coefficient (Wildman–Crippen LogP) is 2.00. The van der Waals surface area contributed by atoms with E-state index >= 15 is 0 Å². The van der Waals surface area contributed by atoms with Crippen LogP contribution in [0.2, 0.25) is 0 Å². The number of hydrogen-bond donors (Lipinski definition) is 1. The number of hydrogen-bond acceptors (Lipinski definition) is 1. The topological polar surface area (TPSA) is 13.7 Å². The van der Waals surface area contributed by atoms with Gasteiger partial charge in [0.2, 0.25) is 0 Å². The summed E-state index contributed by atoms with van der Waals surface area (Å²) in [7, 11) is 4.27. The maximum Gasteiger partial charge on any atom is 0.137 e. The quantitative estimate of drug-likeness (QED) is 0.812. The third-order valence-electron chi connectivity index (χ3n) is 3.34. The number of benzene rings is 2. The molecule has 0 radical (unpaired) electrons. The van der Waals surface area contributed by atoms with E-state index in [0.29, 0.717) is 0 Å². The summed E-state index contributed by atoms with van der Waals surface area (Å²) in [5.41, 5.74) is 2.75. The average Bonchev–Trinajstić information content (AvgIpc) is 2.47. The van der Waals surface area contributed by atoms with Gasteiger partial charge >= 0.3 is 0 Å². The van der Waals surface area contributed by atoms with Crippen molar-refractivity contribution >= 4 is 0 Å². The number of nitrogens with one attached hydrogen (secondary N) is 1. The van der Waals surface area contributed by atoms with Gasteiger partial charge in [-0.2, -0.15) is 0 Å². The Labute approximate surface area is 122 Å². The van der Waals surface area contributed by atoms with Crippen molar-refractivity contribution in [2.45, 2.75) is 12.8 Å². The second kappa shape index (κ2) is 7.71. The molecule has 1 N–H and O–H groups in total. The Morgan fingerprint density at radius 3 is 2.00 bits per heavy atom. The van der Waals surface area contributed by atoms with E-state index in [-0.39, 0.29) is 0 Å². The van der Waals surface area contributed by atoms with Crippen LogP contribution in [-0.4, -0.2) is 27.2 Å². The lowest BCUT2D eigenvalue weighted by Crippen LogP contribution is -3.06. The summed E-state index contributed by atoms with van der Waals surface area (Å²) >= 11 is 0. The first kappa shape index (κ1) is 14.6. The van der Waals surface area contributed by atoms with E-state index in [1.165, 1.54) is 16.0 Å². The monoisotopic (exact) mass is 270 g/mol. The van der Waals surface area contributed by atoms with Crippen molar-refractivity contribution in [3.63, 3.8) is 0 Å². The van der Waals surface area contributed by atoms with Gasteiger partial charge in [0.1, 0.15) is 18.9 Å². The summed E-state index contributed by atoms with van der Waals surface area (Å²) in [4.78, 5) is 1.41. The van der Waals surface area contributed by atoms with Gasteiger partial charge in [-0.1, -0.05) is 42.5 Å². The van der Waals surface area contributed by atoms with Crippen molar-refractivity contribution in [2.24, 2.45) is 0 Å². The number of ether oxygens (including phenoxy) is 1. The molecule has 2 aromatic carbocycles. The van der Waals surface area contributed by atoms with E-state index in [1.807, 2.05) is 0 Å². The zero-order valence-corrected chi connectivity index (χ0v) is 12.4. The van der Waals surface area contributed by atoms with Crippen LogP contribution in [0.15, 0.2) is 54.6 Å². The van der Waals surface area contributed by atoms with Crippen molar-refractivity contribution < 1.29 is 9.64 Å². The Morgan fingerprint density at radius 2 is 1.40 bits per heavy atom. The van der Waals surface area contributed by atoms with Gasteiger partial charge in [-0.3, -0.25) is 0 Å². The fourth-order valence-corrected chi connectivity index (χ4v) is 2.06. The maximum atomic E-state index is 5.71. The fourth-order valence-electron chi connectivity index (χ4n) is 2.06. The molecule has 0 aliphatic heterocycles. The van der Waals surface area contributed by atoms with Gasteiger partial charge in [0.15, 0.2) is 0 Å². The van der Waals surface area contributed by atoms with Gasteiger partial charge < -0.3 is 9.64 Å². The fraction of sp³-hybridized carbons (Fsp3) is 0.333. The van der Waals surface area contributed by atoms with Crippen LogP contribution in [0.25, 0.3) is 0 Å². The molecule has 0 saturated heterocycles. The van der Waals surface area contributed by atoms with Crippen molar-refractivity contribution in [3.05, 3.63) is 65.7 Å². The largest absolute Gasteiger partial charge is 0.488 e. The Morgan fingerprint density at radius 1 is 0.800 bits per heavy atom. The molecule has 20 heavy (non-hydrogen) atoms. The van der Waals surface area contributed by atoms with E-state index in [9.17, 15) is 0 Å². The minimum absolute atomic E-state index is 0.770. The van der Waals surface area contributed by atoms with Crippen LogP contribution in [-0.2, 0) is 12.8 Å². The van der Waals surface area contributed by atoms with E-state index < -0.39 is 0 Å². The summed E-state index contributed by atoms with van der Waals surface area (Å²) in [6.45, 7) is 1.79. The van der Waals surface area contributed by atoms with Crippen molar-refractivity contribution in [1.29, 1.82) is 0 Å². The third-order valence-corrected chi connectivity index (χ3v) is 3.34. The van der Waals surface area contributed by atoms with Gasteiger partial charge in [-0.15, -0.1) is 0 Å². The lowest BCUT2D eigenvalue weighted by atomic mass is 10.0. The van der Waals surface area contributed by atoms with Crippen LogP contribution in [0.1, 0.15) is 11.1 Å². The van der Waals surface area contributed by atoms with Gasteiger partial charge in [-0.25, -0.2) is 0 Å². The molecular formula is C18H24NO+. The smallest absolute Gasteiger partial charge is 0.137 e. The first-order chi connectivity index (χ1) is 9.74. The molecule has 0 atom stereocenters. The normalized spacial score (nSPS) is 10.8. The summed E-state index contributed by atoms with van der Waals surface area (Å²) < 4.78 is 5.71. The molecule has 0 aliphatic carbocycles. The van der Waals surface area contributed by atoms with Crippen LogP contribution >= 0.6 is 0 Å². The molecular weight excluding hydrogens is 246 g/mol. The van der Waals surface area contributed by atoms with Crippen LogP contribution in [0.3, 0.4) is 0 Å². The predicted molar refractivity (Wildman–Crippen MR) is 83.5 cm³/mol. The lowest BCUT2D eigenvalue weighted by Gasteiger charge is -2.09. The second-order valence-corrected chi connectivity index (χ2v) is 5.44. The van der Waals surface area contributed by atoms with Crippen molar-refractivity contribution in [2.75, 3.05) is 27.2 Å². The highest BCUT2D eigenvalue weighted by Gasteiger charge is 1.99. The summed E-state index contributed by atoms with van der Waals surface area (Å²) in [6.07, 6.45) is 2.16. The molecule has 0 heterocycles. The highest BCUT2D eigenvalue weighted by atomic mass is 16.5. The standard InChI is InChI=1S/C18H23NO/c1-19(2)14-15-20-18-12-10-17(11-13-18)9-8-16-6-4-3-5-7-16/h3-7,10-13H,8-9,14-15H2,1-2H3/p+1. The van der Waals surface area contributed by atoms with Crippen LogP contribution < -0.4 is 9.64 Å². The minimum atomic E-state index is 0.770. The first-order valence-corrected chi connectivity index (χ1v) is 7.29. The molecule has 2 heteroatoms. The molecule has 2 nitrogen and oxygen atoms in total. The average molecular weight is 270 g/mol. The molecule has 0 amide bonds. The number of rotatable bonds is 7. The second-order valence-electron chi connectivity index (χ2n) is 5.44. The minimum Gasteiger partial charge on any atom is -0.488 e. The molecule has 0 fully saturated rings. The first-order valence-electron chi connectivity index (χ1n) is 7.29. The molecule has 0 bridgehead atoms. The maximum absolute atomic E-state index is 5.71. The van der Waals surface area contributed by atoms with Crippen LogP contribution in [0.4, 0.5) is 0 Å². The molecule has 0 spiro atoms. The van der Waals surface area contributed by atoms with Gasteiger partial charge in [0.25, 0.3) is 0 Å². The third kappa shape index (κ3) is 5.06. The lowest BCUT2D eigenvalue weighted by molar-refractivity contribution is -0.858. The SMILES string of the molecule is C[NH+](C)CCOc1ccc(CCc2ccccc2)cc1. The number of aryl methyl sites for hydroxylation is 2. The molecule has 0 unspecified atom stereocenters. The van der Waals surface area contributed by atoms with Crippen LogP contribution in [0.5, 0.6) is 5.75 Å². The van der Waals surface area contributed by atoms with Crippen molar-refractivity contribution in [3.8, 4) is 5.75 Å². The molecule has 106 valence electrons. The van der Waals surface area contributed by atoms with Gasteiger partial charge in [0, 0.05) is 0 Å². The highest BCUT2D eigenvalue weighted by molar-refractivity contribution is 5.28. The van der Waals surface area contributed by atoms with Crippen LogP contribution in [0, 0.1) is 0 Å². The molecule has 2 aromatic rings. The van der Waals surface area contributed by atoms with E-state index in [2.05, 4.69) is 68.7 Å². The number of likely N-dealkylation sites (N-methyl/N-ethyl adjacent to an activating group) is 1. The summed E-state index contributed by atoms with van der Waals surface area (Å²) in [5.74, 6) is 0.967. The molecule has 0 aliphatic rings. The Hall–Kier alpha value is -1.80. The highest BCUT2D eigenvalue weighted by Crippen LogP contribution is 2.14. The molecule has 2 rings (SSSR count). The van der Waals surface area contributed by atoms with E-state index in [1.54, 1.807) is 0 Å². The Balaban J connectivity index is 1.79. The number of quaternary nitrogens is 1. The van der Waals surface area contributed by atoms with E-state index in [0.717, 1.165) is 31.7 Å². The summed E-state index contributed by atoms with van der Waals surface area (Å²) in [5, 5.41) is 0. The zero-order valence-electron chi connectivity index (χ0n) is 12.4. The zero-order chi connectivity index (χ0) is 14.2. The molecule has 0 aromatic heterocycles. The van der Waals surface area contributed by atoms with E-state index in [4.69, 9.17) is 4.74 Å². The summed E-state index contributed by atoms with van der Waals surface area (Å²) in [6, 6.07) is 19.1. The Kier molecular flexibility index (Phi) is 5.63. The van der Waals surface area contributed by atoms with Gasteiger partial charge in [-0.05, 0) is 36.1 Å². The van der Waals surface area contributed by atoms with Crippen molar-refractivity contribution in [1.82, 2.24) is 0 Å².